The molecule has 3 heterocycles. The van der Waals surface area contributed by atoms with Crippen LogP contribution < -0.4 is 0 Å². The van der Waals surface area contributed by atoms with E-state index in [1.54, 1.807) is 0 Å². The molecule has 0 N–H and O–H groups in total. The van der Waals surface area contributed by atoms with E-state index < -0.39 is 0 Å². The number of thioether (sulfide) groups is 1. The largest absolute Gasteiger partial charge is 0.306 e. The van der Waals surface area contributed by atoms with Crippen LogP contribution in [0.4, 0.5) is 0 Å². The van der Waals surface area contributed by atoms with Gasteiger partial charge in [0.1, 0.15) is 0 Å². The molecule has 4 heteroatoms. The summed E-state index contributed by atoms with van der Waals surface area (Å²) < 4.78 is 2.02. The van der Waals surface area contributed by atoms with Crippen molar-refractivity contribution in [1.82, 2.24) is 9.38 Å². The molecule has 90 valence electrons. The second kappa shape index (κ2) is 4.91. The van der Waals surface area contributed by atoms with Gasteiger partial charge in [0.15, 0.2) is 5.65 Å². The molecule has 0 amide bonds. The second-order valence-electron chi connectivity index (χ2n) is 4.51. The molecular formula is C13H15ClN2S. The first-order valence-electron chi connectivity index (χ1n) is 6.06. The van der Waals surface area contributed by atoms with E-state index in [4.69, 9.17) is 11.6 Å². The van der Waals surface area contributed by atoms with Crippen LogP contribution in [0.25, 0.3) is 5.65 Å². The van der Waals surface area contributed by atoms with E-state index in [1.165, 1.54) is 25.0 Å². The topological polar surface area (TPSA) is 17.3 Å². The Morgan fingerprint density at radius 1 is 1.47 bits per heavy atom. The molecule has 1 atom stereocenters. The van der Waals surface area contributed by atoms with Crippen molar-refractivity contribution < 1.29 is 0 Å². The summed E-state index contributed by atoms with van der Waals surface area (Å²) in [5, 5.41) is 1.47. The van der Waals surface area contributed by atoms with Crippen molar-refractivity contribution in [2.75, 3.05) is 5.75 Å². The molecular weight excluding hydrogens is 252 g/mol. The summed E-state index contributed by atoms with van der Waals surface area (Å²) in [6.07, 6.45) is 9.25. The van der Waals surface area contributed by atoms with Crippen LogP contribution in [-0.4, -0.2) is 20.4 Å². The lowest BCUT2D eigenvalue weighted by molar-refractivity contribution is 0.656. The van der Waals surface area contributed by atoms with Crippen molar-refractivity contribution in [1.29, 1.82) is 0 Å². The Kier molecular flexibility index (Phi) is 3.30. The summed E-state index contributed by atoms with van der Waals surface area (Å²) in [5.74, 6) is 1.30. The Balaban J connectivity index is 1.83. The van der Waals surface area contributed by atoms with Gasteiger partial charge in [-0.3, -0.25) is 0 Å². The number of nitrogens with zero attached hydrogens (tertiary/aromatic N) is 2. The normalized spacial score (nSPS) is 20.9. The predicted molar refractivity (Wildman–Crippen MR) is 74.0 cm³/mol. The van der Waals surface area contributed by atoms with Crippen molar-refractivity contribution in [2.45, 2.75) is 30.9 Å². The van der Waals surface area contributed by atoms with Crippen LogP contribution in [-0.2, 0) is 6.42 Å². The molecule has 0 spiro atoms. The molecule has 0 aliphatic carbocycles. The molecule has 0 bridgehead atoms. The Labute approximate surface area is 110 Å². The molecule has 0 aromatic carbocycles. The van der Waals surface area contributed by atoms with Crippen molar-refractivity contribution in [3.05, 3.63) is 35.2 Å². The number of hydrogen-bond acceptors (Lipinski definition) is 2. The number of pyridine rings is 1. The van der Waals surface area contributed by atoms with Gasteiger partial charge in [-0.05, 0) is 30.7 Å². The van der Waals surface area contributed by atoms with Gasteiger partial charge >= 0.3 is 0 Å². The number of fused-ring (bicyclic) bond motifs is 1. The predicted octanol–water partition coefficient (Wildman–Crippen LogP) is 3.82. The van der Waals surface area contributed by atoms with Crippen molar-refractivity contribution >= 4 is 29.0 Å². The van der Waals surface area contributed by atoms with Crippen LogP contribution in [0.2, 0.25) is 5.02 Å². The van der Waals surface area contributed by atoms with Gasteiger partial charge in [-0.1, -0.05) is 18.0 Å². The van der Waals surface area contributed by atoms with Gasteiger partial charge < -0.3 is 4.40 Å². The second-order valence-corrected chi connectivity index (χ2v) is 6.33. The van der Waals surface area contributed by atoms with Crippen LogP contribution >= 0.6 is 23.4 Å². The lowest BCUT2D eigenvalue weighted by Gasteiger charge is -2.19. The molecule has 2 aromatic rings. The highest BCUT2D eigenvalue weighted by atomic mass is 35.5. The van der Waals surface area contributed by atoms with Gasteiger partial charge in [-0.15, -0.1) is 0 Å². The fraction of sp³-hybridized carbons (Fsp3) is 0.462. The Morgan fingerprint density at radius 2 is 2.41 bits per heavy atom. The molecule has 0 radical (unpaired) electrons. The summed E-state index contributed by atoms with van der Waals surface area (Å²) in [5.41, 5.74) is 2.04. The van der Waals surface area contributed by atoms with E-state index in [2.05, 4.69) is 22.9 Å². The van der Waals surface area contributed by atoms with E-state index in [1.807, 2.05) is 22.7 Å². The van der Waals surface area contributed by atoms with Crippen LogP contribution in [0.15, 0.2) is 24.5 Å². The first-order valence-corrected chi connectivity index (χ1v) is 7.49. The van der Waals surface area contributed by atoms with Gasteiger partial charge in [-0.25, -0.2) is 4.98 Å². The number of aromatic nitrogens is 2. The first-order chi connectivity index (χ1) is 8.33. The van der Waals surface area contributed by atoms with Crippen molar-refractivity contribution in [2.24, 2.45) is 0 Å². The third kappa shape index (κ3) is 2.45. The SMILES string of the molecule is Clc1cccn2cc(CC3CCCCS3)nc12. The molecule has 1 aliphatic heterocycles. The monoisotopic (exact) mass is 266 g/mol. The minimum Gasteiger partial charge on any atom is -0.306 e. The molecule has 1 saturated heterocycles. The first kappa shape index (κ1) is 11.4. The number of rotatable bonds is 2. The van der Waals surface area contributed by atoms with Crippen molar-refractivity contribution in [3.63, 3.8) is 0 Å². The number of halogens is 1. The molecule has 3 rings (SSSR count). The van der Waals surface area contributed by atoms with Gasteiger partial charge in [0.05, 0.1) is 10.7 Å². The lowest BCUT2D eigenvalue weighted by atomic mass is 10.1. The fourth-order valence-corrected chi connectivity index (χ4v) is 3.87. The van der Waals surface area contributed by atoms with Gasteiger partial charge in [0.25, 0.3) is 0 Å². The molecule has 1 unspecified atom stereocenters. The molecule has 0 saturated carbocycles. The Bertz CT molecular complexity index is 517. The summed E-state index contributed by atoms with van der Waals surface area (Å²) in [7, 11) is 0. The highest BCUT2D eigenvalue weighted by Crippen LogP contribution is 2.28. The van der Waals surface area contributed by atoms with E-state index in [0.29, 0.717) is 0 Å². The van der Waals surface area contributed by atoms with Crippen LogP contribution in [0.3, 0.4) is 0 Å². The average molecular weight is 267 g/mol. The van der Waals surface area contributed by atoms with Gasteiger partial charge in [-0.2, -0.15) is 11.8 Å². The zero-order valence-corrected chi connectivity index (χ0v) is 11.2. The summed E-state index contributed by atoms with van der Waals surface area (Å²) in [6.45, 7) is 0. The molecule has 2 nitrogen and oxygen atoms in total. The van der Waals surface area contributed by atoms with Crippen molar-refractivity contribution in [3.8, 4) is 0 Å². The van der Waals surface area contributed by atoms with E-state index in [0.717, 1.165) is 28.0 Å². The van der Waals surface area contributed by atoms with Crippen LogP contribution in [0.5, 0.6) is 0 Å². The number of imidazole rings is 1. The minimum atomic E-state index is 0.732. The third-order valence-corrected chi connectivity index (χ3v) is 4.89. The van der Waals surface area contributed by atoms with Gasteiger partial charge in [0.2, 0.25) is 0 Å². The van der Waals surface area contributed by atoms with E-state index >= 15 is 0 Å². The molecule has 17 heavy (non-hydrogen) atoms. The van der Waals surface area contributed by atoms with Crippen LogP contribution in [0, 0.1) is 0 Å². The van der Waals surface area contributed by atoms with E-state index in [9.17, 15) is 0 Å². The maximum absolute atomic E-state index is 6.12. The number of hydrogen-bond donors (Lipinski definition) is 0. The van der Waals surface area contributed by atoms with E-state index in [-0.39, 0.29) is 0 Å². The quantitative estimate of drug-likeness (QED) is 0.822. The van der Waals surface area contributed by atoms with Crippen LogP contribution in [0.1, 0.15) is 25.0 Å². The summed E-state index contributed by atoms with van der Waals surface area (Å²) in [4.78, 5) is 4.62. The smallest absolute Gasteiger partial charge is 0.155 e. The van der Waals surface area contributed by atoms with Gasteiger partial charge in [0, 0.05) is 24.1 Å². The molecule has 2 aromatic heterocycles. The highest BCUT2D eigenvalue weighted by Gasteiger charge is 2.16. The fourth-order valence-electron chi connectivity index (χ4n) is 2.33. The molecule has 1 aliphatic rings. The standard InChI is InChI=1S/C13H15ClN2S/c14-12-5-3-6-16-9-10(15-13(12)16)8-11-4-1-2-7-17-11/h3,5-6,9,11H,1-2,4,7-8H2. The zero-order chi connectivity index (χ0) is 11.7. The summed E-state index contributed by atoms with van der Waals surface area (Å²) in [6, 6.07) is 3.85. The highest BCUT2D eigenvalue weighted by molar-refractivity contribution is 7.99. The summed E-state index contributed by atoms with van der Waals surface area (Å²) >= 11 is 8.21. The maximum atomic E-state index is 6.12. The molecule has 1 fully saturated rings. The lowest BCUT2D eigenvalue weighted by Crippen LogP contribution is -2.12. The Morgan fingerprint density at radius 3 is 3.18 bits per heavy atom. The zero-order valence-electron chi connectivity index (χ0n) is 9.60. The Hall–Kier alpha value is -0.670. The minimum absolute atomic E-state index is 0.732. The average Bonchev–Trinajstić information content (AvgIpc) is 2.74. The maximum Gasteiger partial charge on any atom is 0.155 e. The third-order valence-electron chi connectivity index (χ3n) is 3.20.